The average Bonchev–Trinajstić information content (AvgIpc) is 2.62. The minimum Gasteiger partial charge on any atom is -0.377 e. The van der Waals surface area contributed by atoms with E-state index >= 15 is 0 Å². The van der Waals surface area contributed by atoms with Gasteiger partial charge in [-0.25, -0.2) is 4.39 Å². The van der Waals surface area contributed by atoms with Gasteiger partial charge in [-0.3, -0.25) is 9.69 Å². The highest BCUT2D eigenvalue weighted by Gasteiger charge is 2.25. The summed E-state index contributed by atoms with van der Waals surface area (Å²) >= 11 is 0. The lowest BCUT2D eigenvalue weighted by Gasteiger charge is -2.27. The van der Waals surface area contributed by atoms with E-state index < -0.39 is 0 Å². The number of ether oxygens (including phenoxy) is 1. The van der Waals surface area contributed by atoms with E-state index in [0.717, 1.165) is 26.1 Å². The number of benzene rings is 1. The summed E-state index contributed by atoms with van der Waals surface area (Å²) in [6.07, 6.45) is 1.08. The second kappa shape index (κ2) is 6.26. The van der Waals surface area contributed by atoms with E-state index in [0.29, 0.717) is 5.56 Å². The average molecular weight is 265 g/mol. The molecule has 1 heterocycles. The van der Waals surface area contributed by atoms with Gasteiger partial charge in [-0.1, -0.05) is 0 Å². The summed E-state index contributed by atoms with van der Waals surface area (Å²) in [5.41, 5.74) is 0.562. The quantitative estimate of drug-likeness (QED) is 0.786. The van der Waals surface area contributed by atoms with Crippen LogP contribution in [0.1, 0.15) is 30.6 Å². The van der Waals surface area contributed by atoms with Crippen molar-refractivity contribution in [2.24, 2.45) is 0 Å². The molecule has 1 aromatic carbocycles. The molecule has 0 aliphatic carbocycles. The molecule has 4 heteroatoms. The number of nitrogens with zero attached hydrogens (tertiary/aromatic N) is 1. The fourth-order valence-corrected chi connectivity index (χ4v) is 2.40. The Morgan fingerprint density at radius 2 is 2.11 bits per heavy atom. The molecule has 0 N–H and O–H groups in total. The highest BCUT2D eigenvalue weighted by atomic mass is 19.1. The zero-order valence-corrected chi connectivity index (χ0v) is 11.4. The standard InChI is InChI=1S/C15H20FNO2/c1-11-10-17(8-3-9-19-11)12(2)15(18)13-4-6-14(16)7-5-13/h4-7,11-12H,3,8-10H2,1-2H3. The molecule has 0 amide bonds. The molecule has 1 fully saturated rings. The SMILES string of the molecule is CC1CN(C(C)C(=O)c2ccc(F)cc2)CCCO1. The summed E-state index contributed by atoms with van der Waals surface area (Å²) in [5, 5.41) is 0. The molecule has 3 nitrogen and oxygen atoms in total. The third-order valence-electron chi connectivity index (χ3n) is 3.54. The monoisotopic (exact) mass is 265 g/mol. The fourth-order valence-electron chi connectivity index (χ4n) is 2.40. The van der Waals surface area contributed by atoms with E-state index in [2.05, 4.69) is 4.90 Å². The second-order valence-electron chi connectivity index (χ2n) is 5.08. The van der Waals surface area contributed by atoms with Gasteiger partial charge in [0.1, 0.15) is 5.82 Å². The van der Waals surface area contributed by atoms with E-state index in [1.807, 2.05) is 13.8 Å². The van der Waals surface area contributed by atoms with Gasteiger partial charge in [0.05, 0.1) is 12.1 Å². The molecular weight excluding hydrogens is 245 g/mol. The first kappa shape index (κ1) is 14.2. The van der Waals surface area contributed by atoms with Crippen molar-refractivity contribution in [3.63, 3.8) is 0 Å². The predicted molar refractivity (Wildman–Crippen MR) is 71.8 cm³/mol. The van der Waals surface area contributed by atoms with Crippen LogP contribution < -0.4 is 0 Å². The van der Waals surface area contributed by atoms with Crippen LogP contribution in [0.2, 0.25) is 0 Å². The molecule has 2 atom stereocenters. The van der Waals surface area contributed by atoms with Gasteiger partial charge in [0, 0.05) is 25.3 Å². The Morgan fingerprint density at radius 1 is 1.42 bits per heavy atom. The lowest BCUT2D eigenvalue weighted by Crippen LogP contribution is -2.42. The summed E-state index contributed by atoms with van der Waals surface area (Å²) in [7, 11) is 0. The maximum atomic E-state index is 12.9. The molecule has 0 aromatic heterocycles. The van der Waals surface area contributed by atoms with Crippen LogP contribution in [0.4, 0.5) is 4.39 Å². The van der Waals surface area contributed by atoms with Crippen molar-refractivity contribution in [1.29, 1.82) is 0 Å². The Kier molecular flexibility index (Phi) is 4.66. The number of halogens is 1. The van der Waals surface area contributed by atoms with Crippen molar-refractivity contribution in [3.05, 3.63) is 35.6 Å². The first-order chi connectivity index (χ1) is 9.08. The van der Waals surface area contributed by atoms with Crippen LogP contribution >= 0.6 is 0 Å². The summed E-state index contributed by atoms with van der Waals surface area (Å²) in [4.78, 5) is 14.5. The number of hydrogen-bond acceptors (Lipinski definition) is 3. The highest BCUT2D eigenvalue weighted by molar-refractivity contribution is 5.99. The first-order valence-corrected chi connectivity index (χ1v) is 6.73. The molecule has 19 heavy (non-hydrogen) atoms. The molecule has 1 aliphatic rings. The molecule has 0 spiro atoms. The third-order valence-corrected chi connectivity index (χ3v) is 3.54. The number of Topliss-reactive ketones (excluding diaryl/α,β-unsaturated/α-hetero) is 1. The van der Waals surface area contributed by atoms with E-state index in [-0.39, 0.29) is 23.7 Å². The van der Waals surface area contributed by atoms with Gasteiger partial charge in [0.25, 0.3) is 0 Å². The van der Waals surface area contributed by atoms with Gasteiger partial charge in [-0.05, 0) is 44.5 Å². The van der Waals surface area contributed by atoms with Gasteiger partial charge < -0.3 is 4.74 Å². The Balaban J connectivity index is 2.07. The van der Waals surface area contributed by atoms with E-state index in [9.17, 15) is 9.18 Å². The second-order valence-corrected chi connectivity index (χ2v) is 5.08. The van der Waals surface area contributed by atoms with Crippen molar-refractivity contribution in [3.8, 4) is 0 Å². The van der Waals surface area contributed by atoms with Crippen LogP contribution in [0.25, 0.3) is 0 Å². The third kappa shape index (κ3) is 3.61. The molecule has 0 radical (unpaired) electrons. The summed E-state index contributed by atoms with van der Waals surface area (Å²) in [6.45, 7) is 6.29. The molecule has 104 valence electrons. The minimum atomic E-state index is -0.319. The van der Waals surface area contributed by atoms with Gasteiger partial charge in [0.15, 0.2) is 5.78 Å². The Morgan fingerprint density at radius 3 is 2.79 bits per heavy atom. The lowest BCUT2D eigenvalue weighted by atomic mass is 10.0. The molecule has 1 aliphatic heterocycles. The van der Waals surface area contributed by atoms with Crippen molar-refractivity contribution in [1.82, 2.24) is 4.90 Å². The molecule has 1 saturated heterocycles. The molecule has 0 bridgehead atoms. The molecule has 0 saturated carbocycles. The van der Waals surface area contributed by atoms with Gasteiger partial charge in [0.2, 0.25) is 0 Å². The smallest absolute Gasteiger partial charge is 0.179 e. The van der Waals surface area contributed by atoms with Crippen LogP contribution in [0, 0.1) is 5.82 Å². The summed E-state index contributed by atoms with van der Waals surface area (Å²) in [5.74, 6) is -0.282. The largest absolute Gasteiger partial charge is 0.377 e. The van der Waals surface area contributed by atoms with E-state index in [1.165, 1.54) is 12.1 Å². The normalized spacial score (nSPS) is 22.8. The van der Waals surface area contributed by atoms with Crippen molar-refractivity contribution < 1.29 is 13.9 Å². The predicted octanol–water partition coefficient (Wildman–Crippen LogP) is 2.51. The van der Waals surface area contributed by atoms with Crippen LogP contribution in [0.15, 0.2) is 24.3 Å². The minimum absolute atomic E-state index is 0.0362. The van der Waals surface area contributed by atoms with Gasteiger partial charge in [-0.15, -0.1) is 0 Å². The first-order valence-electron chi connectivity index (χ1n) is 6.73. The fraction of sp³-hybridized carbons (Fsp3) is 0.533. The summed E-state index contributed by atoms with van der Waals surface area (Å²) in [6, 6.07) is 5.55. The van der Waals surface area contributed by atoms with E-state index in [1.54, 1.807) is 12.1 Å². The van der Waals surface area contributed by atoms with Crippen LogP contribution in [-0.2, 0) is 4.74 Å². The van der Waals surface area contributed by atoms with Crippen molar-refractivity contribution in [2.45, 2.75) is 32.4 Å². The number of hydrogen-bond donors (Lipinski definition) is 0. The number of rotatable bonds is 3. The van der Waals surface area contributed by atoms with Gasteiger partial charge >= 0.3 is 0 Å². The number of ketones is 1. The Bertz CT molecular complexity index is 432. The highest BCUT2D eigenvalue weighted by Crippen LogP contribution is 2.14. The lowest BCUT2D eigenvalue weighted by molar-refractivity contribution is 0.0581. The zero-order chi connectivity index (χ0) is 13.8. The topological polar surface area (TPSA) is 29.5 Å². The number of carbonyl (C=O) groups excluding carboxylic acids is 1. The van der Waals surface area contributed by atoms with Crippen LogP contribution in [0.5, 0.6) is 0 Å². The van der Waals surface area contributed by atoms with E-state index in [4.69, 9.17) is 4.74 Å². The van der Waals surface area contributed by atoms with Gasteiger partial charge in [-0.2, -0.15) is 0 Å². The Hall–Kier alpha value is -1.26. The molecule has 2 unspecified atom stereocenters. The maximum absolute atomic E-state index is 12.9. The zero-order valence-electron chi connectivity index (χ0n) is 11.4. The van der Waals surface area contributed by atoms with Crippen molar-refractivity contribution >= 4 is 5.78 Å². The van der Waals surface area contributed by atoms with Crippen molar-refractivity contribution in [2.75, 3.05) is 19.7 Å². The Labute approximate surface area is 113 Å². The molecular formula is C15H20FNO2. The summed E-state index contributed by atoms with van der Waals surface area (Å²) < 4.78 is 18.5. The molecule has 1 aromatic rings. The number of carbonyl (C=O) groups is 1. The molecule has 2 rings (SSSR count). The van der Waals surface area contributed by atoms with Crippen LogP contribution in [-0.4, -0.2) is 42.5 Å². The maximum Gasteiger partial charge on any atom is 0.179 e. The van der Waals surface area contributed by atoms with Crippen LogP contribution in [0.3, 0.4) is 0 Å².